The van der Waals surface area contributed by atoms with Crippen LogP contribution >= 0.6 is 0 Å². The summed E-state index contributed by atoms with van der Waals surface area (Å²) in [4.78, 5) is 0.583. The maximum absolute atomic E-state index is 15.2. The molecular weight excluding hydrogens is 861 g/mol. The SMILES string of the molecule is C[SiH](C)[C@]1(O[C@H]2[C@@H](OCc3ccccc3)[C@@H]3OC(c4ccccc4)OC[C@H]3O[C@@H]2S(=O)c2ccccc2)O[C@@H]2COC(c3ccccc3)O[C@H]2[C@H](OCc2ccccc2)[C@@H]1OC(C)(C)C. The number of hydrogen-bond donors (Lipinski definition) is 0. The molecule has 0 N–H and O–H groups in total. The van der Waals surface area contributed by atoms with Crippen molar-refractivity contribution >= 4 is 19.6 Å². The molecule has 11 nitrogen and oxygen atoms in total. The van der Waals surface area contributed by atoms with Crippen molar-refractivity contribution in [3.05, 3.63) is 174 Å². The number of fused-ring (bicyclic) bond motifs is 2. The van der Waals surface area contributed by atoms with Gasteiger partial charge in [-0.1, -0.05) is 153 Å². The highest BCUT2D eigenvalue weighted by Gasteiger charge is 2.65. The Kier molecular flexibility index (Phi) is 14.6. The predicted octanol–water partition coefficient (Wildman–Crippen LogP) is 8.61. The van der Waals surface area contributed by atoms with Gasteiger partial charge in [0.1, 0.15) is 57.6 Å². The van der Waals surface area contributed by atoms with E-state index in [1.165, 1.54) is 0 Å². The summed E-state index contributed by atoms with van der Waals surface area (Å²) in [6.07, 6.45) is -7.37. The molecule has 5 aromatic rings. The molecule has 0 amide bonds. The first-order chi connectivity index (χ1) is 31.6. The van der Waals surface area contributed by atoms with Gasteiger partial charge in [-0.3, -0.25) is 4.21 Å². The normalized spacial score (nSPS) is 32.0. The van der Waals surface area contributed by atoms with E-state index in [2.05, 4.69) is 13.1 Å². The van der Waals surface area contributed by atoms with Gasteiger partial charge >= 0.3 is 0 Å². The van der Waals surface area contributed by atoms with Crippen molar-refractivity contribution in [2.75, 3.05) is 13.2 Å². The van der Waals surface area contributed by atoms with E-state index in [9.17, 15) is 0 Å². The minimum absolute atomic E-state index is 0.178. The fraction of sp³-hybridized carbons (Fsp3) is 0.423. The fourth-order valence-electron chi connectivity index (χ4n) is 9.08. The molecule has 9 rings (SSSR count). The molecule has 0 aliphatic carbocycles. The van der Waals surface area contributed by atoms with Crippen LogP contribution in [0.1, 0.15) is 55.6 Å². The van der Waals surface area contributed by atoms with E-state index in [1.807, 2.05) is 172 Å². The lowest BCUT2D eigenvalue weighted by Crippen LogP contribution is -2.76. The molecule has 0 spiro atoms. The second-order valence-electron chi connectivity index (χ2n) is 18.3. The van der Waals surface area contributed by atoms with Crippen molar-refractivity contribution in [2.45, 2.75) is 130 Å². The fourth-order valence-corrected chi connectivity index (χ4v) is 12.3. The monoisotopic (exact) mass is 920 g/mol. The average molecular weight is 921 g/mol. The van der Waals surface area contributed by atoms with Gasteiger partial charge in [-0.05, 0) is 44.0 Å². The Balaban J connectivity index is 1.16. The first-order valence-corrected chi connectivity index (χ1v) is 26.8. The summed E-state index contributed by atoms with van der Waals surface area (Å²) in [7, 11) is -4.03. The van der Waals surface area contributed by atoms with Gasteiger partial charge in [0.05, 0.1) is 42.8 Å². The third-order valence-corrected chi connectivity index (χ3v) is 16.0. The van der Waals surface area contributed by atoms with E-state index in [-0.39, 0.29) is 26.4 Å². The molecule has 5 aromatic carbocycles. The molecule has 4 fully saturated rings. The van der Waals surface area contributed by atoms with E-state index in [0.29, 0.717) is 4.90 Å². The maximum Gasteiger partial charge on any atom is 0.184 e. The van der Waals surface area contributed by atoms with Crippen molar-refractivity contribution in [3.8, 4) is 0 Å². The van der Waals surface area contributed by atoms with Gasteiger partial charge in [-0.15, -0.1) is 0 Å². The van der Waals surface area contributed by atoms with Crippen LogP contribution in [0.5, 0.6) is 0 Å². The summed E-state index contributed by atoms with van der Waals surface area (Å²) in [6.45, 7) is 11.3. The standard InChI is InChI=1S/C52H60O11SSi/c1-51(2,3)63-47-45(55-32-36-23-13-7-14-24-36)43-41(34-57-49(60-43)38-27-17-9-18-28-38)61-52(47,65(4)5)62-46-44(54-31-35-21-11-6-12-22-35)42-40(33-56-48(59-42)37-25-15-8-16-26-37)58-50(46)64(53)39-29-19-10-20-30-39/h6-30,40-50,65H,31-34H2,1-5H3/t40-,41-,42-,43-,44+,45+,46+,47+,48?,49?,50-,52+,64?/m1/s1. The Morgan fingerprint density at radius 2 is 1.06 bits per heavy atom. The zero-order valence-electron chi connectivity index (χ0n) is 37.6. The molecule has 13 atom stereocenters. The first kappa shape index (κ1) is 46.2. The molecule has 4 heterocycles. The molecule has 4 aliphatic rings. The topological polar surface area (TPSA) is 109 Å². The van der Waals surface area contributed by atoms with Crippen molar-refractivity contribution in [3.63, 3.8) is 0 Å². The largest absolute Gasteiger partial charge is 0.368 e. The summed E-state index contributed by atoms with van der Waals surface area (Å²) < 4.78 is 85.4. The van der Waals surface area contributed by atoms with Crippen LogP contribution in [0.3, 0.4) is 0 Å². The molecule has 3 unspecified atom stereocenters. The van der Waals surface area contributed by atoms with Gasteiger partial charge < -0.3 is 47.4 Å². The zero-order valence-corrected chi connectivity index (χ0v) is 39.6. The van der Waals surface area contributed by atoms with Gasteiger partial charge in [0.15, 0.2) is 23.4 Å². The number of rotatable bonds is 14. The molecule has 0 aromatic heterocycles. The van der Waals surface area contributed by atoms with E-state index >= 15 is 4.21 Å². The van der Waals surface area contributed by atoms with E-state index in [4.69, 9.17) is 47.4 Å². The van der Waals surface area contributed by atoms with Crippen LogP contribution in [0.25, 0.3) is 0 Å². The van der Waals surface area contributed by atoms with Crippen molar-refractivity contribution < 1.29 is 51.6 Å². The molecule has 0 radical (unpaired) electrons. The first-order valence-electron chi connectivity index (χ1n) is 22.7. The van der Waals surface area contributed by atoms with Gasteiger partial charge in [0.25, 0.3) is 0 Å². The lowest BCUT2D eigenvalue weighted by Gasteiger charge is -2.59. The lowest BCUT2D eigenvalue weighted by molar-refractivity contribution is -0.414. The smallest absolute Gasteiger partial charge is 0.184 e. The highest BCUT2D eigenvalue weighted by atomic mass is 32.2. The number of benzene rings is 5. The second-order valence-corrected chi connectivity index (χ2v) is 22.9. The predicted molar refractivity (Wildman–Crippen MR) is 248 cm³/mol. The summed E-state index contributed by atoms with van der Waals surface area (Å²) >= 11 is 0. The molecule has 0 saturated carbocycles. The third-order valence-electron chi connectivity index (χ3n) is 12.2. The van der Waals surface area contributed by atoms with Gasteiger partial charge in [0.2, 0.25) is 0 Å². The van der Waals surface area contributed by atoms with E-state index in [1.54, 1.807) is 0 Å². The van der Waals surface area contributed by atoms with Crippen molar-refractivity contribution in [1.29, 1.82) is 0 Å². The Labute approximate surface area is 386 Å². The van der Waals surface area contributed by atoms with Crippen LogP contribution in [-0.4, -0.2) is 91.5 Å². The van der Waals surface area contributed by atoms with Crippen LogP contribution < -0.4 is 0 Å². The summed E-state index contributed by atoms with van der Waals surface area (Å²) in [6, 6.07) is 49.1. The van der Waals surface area contributed by atoms with Gasteiger partial charge in [-0.25, -0.2) is 0 Å². The Morgan fingerprint density at radius 1 is 0.600 bits per heavy atom. The Morgan fingerprint density at radius 3 is 1.57 bits per heavy atom. The second kappa shape index (κ2) is 20.5. The van der Waals surface area contributed by atoms with Gasteiger partial charge in [0, 0.05) is 16.0 Å². The summed E-state index contributed by atoms with van der Waals surface area (Å²) in [5.74, 6) is 0. The van der Waals surface area contributed by atoms with E-state index in [0.717, 1.165) is 22.3 Å². The average Bonchev–Trinajstić information content (AvgIpc) is 3.33. The Bertz CT molecular complexity index is 2270. The molecule has 13 heteroatoms. The van der Waals surface area contributed by atoms with Crippen LogP contribution in [0.4, 0.5) is 0 Å². The quantitative estimate of drug-likeness (QED) is 0.100. The zero-order chi connectivity index (χ0) is 45.0. The van der Waals surface area contributed by atoms with Crippen LogP contribution in [0, 0.1) is 0 Å². The van der Waals surface area contributed by atoms with Crippen LogP contribution in [0.2, 0.25) is 13.1 Å². The molecule has 4 saturated heterocycles. The van der Waals surface area contributed by atoms with E-state index < -0.39 is 97.5 Å². The van der Waals surface area contributed by atoms with Crippen LogP contribution in [-0.2, 0) is 71.4 Å². The Hall–Kier alpha value is -3.93. The minimum atomic E-state index is -2.26. The highest BCUT2D eigenvalue weighted by Crippen LogP contribution is 2.47. The molecule has 65 heavy (non-hydrogen) atoms. The lowest BCUT2D eigenvalue weighted by atomic mass is 9.94. The summed E-state index contributed by atoms with van der Waals surface area (Å²) in [5.41, 5.74) is 0.500. The summed E-state index contributed by atoms with van der Waals surface area (Å²) in [5, 5.41) is 0. The molecule has 0 bridgehead atoms. The molecule has 4 aliphatic heterocycles. The molecule has 344 valence electrons. The van der Waals surface area contributed by atoms with Crippen molar-refractivity contribution in [2.24, 2.45) is 0 Å². The van der Waals surface area contributed by atoms with Gasteiger partial charge in [-0.2, -0.15) is 0 Å². The molecular formula is C52H60O11SSi. The number of hydrogen-bond acceptors (Lipinski definition) is 11. The number of ether oxygens (including phenoxy) is 10. The van der Waals surface area contributed by atoms with Crippen LogP contribution in [0.15, 0.2) is 157 Å². The van der Waals surface area contributed by atoms with Crippen molar-refractivity contribution in [1.82, 2.24) is 0 Å². The third kappa shape index (κ3) is 10.5. The highest BCUT2D eigenvalue weighted by molar-refractivity contribution is 7.85. The maximum atomic E-state index is 15.2. The minimum Gasteiger partial charge on any atom is -0.368 e.